The first-order valence-electron chi connectivity index (χ1n) is 13.0. The molecule has 2 rings (SSSR count). The van der Waals surface area contributed by atoms with Crippen molar-refractivity contribution in [2.45, 2.75) is 78.4 Å². The number of nitrogens with zero attached hydrogens (tertiary/aromatic N) is 2. The first-order valence-corrected chi connectivity index (χ1v) is 13.0. The summed E-state index contributed by atoms with van der Waals surface area (Å²) in [4.78, 5) is 17.6. The van der Waals surface area contributed by atoms with Crippen LogP contribution >= 0.6 is 0 Å². The van der Waals surface area contributed by atoms with Crippen LogP contribution < -0.4 is 0 Å². The molecule has 1 saturated heterocycles. The minimum Gasteiger partial charge on any atom is -0.366 e. The molecule has 1 fully saturated rings. The molecule has 1 aliphatic heterocycles. The van der Waals surface area contributed by atoms with E-state index in [0.717, 1.165) is 18.5 Å². The topological polar surface area (TPSA) is 32.8 Å². The lowest BCUT2D eigenvalue weighted by molar-refractivity contribution is -0.150. The van der Waals surface area contributed by atoms with Crippen LogP contribution in [-0.4, -0.2) is 60.6 Å². The maximum atomic E-state index is 13.5. The van der Waals surface area contributed by atoms with Crippen LogP contribution in [0.5, 0.6) is 0 Å². The molecular formula is C30H44N2O2. The molecule has 0 radical (unpaired) electrons. The van der Waals surface area contributed by atoms with Gasteiger partial charge < -0.3 is 9.64 Å². The summed E-state index contributed by atoms with van der Waals surface area (Å²) in [5.41, 5.74) is 7.09. The Bertz CT molecular complexity index is 852. The van der Waals surface area contributed by atoms with E-state index in [0.29, 0.717) is 26.2 Å². The molecule has 2 unspecified atom stereocenters. The van der Waals surface area contributed by atoms with Crippen LogP contribution in [0.3, 0.4) is 0 Å². The van der Waals surface area contributed by atoms with Crippen LogP contribution in [-0.2, 0) is 9.53 Å². The molecule has 2 aliphatic rings. The molecule has 0 N–H and O–H groups in total. The van der Waals surface area contributed by atoms with E-state index in [1.165, 1.54) is 43.3 Å². The molecule has 4 heteroatoms. The second-order valence-electron chi connectivity index (χ2n) is 9.70. The summed E-state index contributed by atoms with van der Waals surface area (Å²) >= 11 is 0. The maximum Gasteiger partial charge on any atom is 0.253 e. The lowest BCUT2D eigenvalue weighted by Crippen LogP contribution is -2.53. The predicted octanol–water partition coefficient (Wildman–Crippen LogP) is 5.69. The van der Waals surface area contributed by atoms with Gasteiger partial charge >= 0.3 is 0 Å². The minimum atomic E-state index is -0.471. The van der Waals surface area contributed by atoms with Crippen LogP contribution in [0.2, 0.25) is 0 Å². The Morgan fingerprint density at radius 2 is 2.12 bits per heavy atom. The molecule has 0 aromatic carbocycles. The zero-order valence-electron chi connectivity index (χ0n) is 21.8. The van der Waals surface area contributed by atoms with Crippen molar-refractivity contribution >= 4 is 5.91 Å². The predicted molar refractivity (Wildman–Crippen MR) is 142 cm³/mol. The monoisotopic (exact) mass is 464 g/mol. The van der Waals surface area contributed by atoms with Crippen molar-refractivity contribution in [2.75, 3.05) is 32.8 Å². The van der Waals surface area contributed by atoms with Crippen LogP contribution in [0.25, 0.3) is 0 Å². The van der Waals surface area contributed by atoms with Gasteiger partial charge in [0.25, 0.3) is 5.91 Å². The first kappa shape index (κ1) is 27.9. The Morgan fingerprint density at radius 3 is 2.79 bits per heavy atom. The normalized spacial score (nSPS) is 19.5. The molecule has 0 aromatic heterocycles. The number of carbonyl (C=O) groups excluding carboxylic acids is 1. The lowest BCUT2D eigenvalue weighted by atomic mass is 10.0. The number of amides is 1. The third kappa shape index (κ3) is 8.80. The van der Waals surface area contributed by atoms with Gasteiger partial charge in [-0.05, 0) is 56.4 Å². The Morgan fingerprint density at radius 1 is 1.35 bits per heavy atom. The number of ether oxygens (including phenoxy) is 1. The number of carbonyl (C=O) groups is 1. The Balaban J connectivity index is 2.03. The van der Waals surface area contributed by atoms with Gasteiger partial charge in [-0.1, -0.05) is 56.8 Å². The summed E-state index contributed by atoms with van der Waals surface area (Å²) in [6.07, 6.45) is 20.8. The van der Waals surface area contributed by atoms with E-state index in [-0.39, 0.29) is 17.9 Å². The van der Waals surface area contributed by atoms with Gasteiger partial charge in [-0.25, -0.2) is 0 Å². The molecule has 1 heterocycles. The van der Waals surface area contributed by atoms with Crippen LogP contribution in [0, 0.1) is 18.3 Å². The summed E-state index contributed by atoms with van der Waals surface area (Å²) in [5, 5.41) is 0. The van der Waals surface area contributed by atoms with Gasteiger partial charge in [0.2, 0.25) is 0 Å². The van der Waals surface area contributed by atoms with E-state index < -0.39 is 6.10 Å². The molecule has 34 heavy (non-hydrogen) atoms. The van der Waals surface area contributed by atoms with Crippen molar-refractivity contribution in [1.82, 2.24) is 9.80 Å². The number of allylic oxidation sites excluding steroid dienone is 3. The van der Waals surface area contributed by atoms with E-state index >= 15 is 0 Å². The Kier molecular flexibility index (Phi) is 12.2. The second-order valence-corrected chi connectivity index (χ2v) is 9.70. The van der Waals surface area contributed by atoms with E-state index in [9.17, 15) is 4.79 Å². The van der Waals surface area contributed by atoms with Gasteiger partial charge in [0, 0.05) is 32.2 Å². The van der Waals surface area contributed by atoms with Crippen molar-refractivity contribution in [2.24, 2.45) is 5.92 Å². The Labute approximate surface area is 208 Å². The van der Waals surface area contributed by atoms with Crippen LogP contribution in [0.1, 0.15) is 66.2 Å². The number of terminal acetylenes is 1. The maximum absolute atomic E-state index is 13.5. The molecule has 0 saturated carbocycles. The van der Waals surface area contributed by atoms with Gasteiger partial charge in [-0.3, -0.25) is 9.69 Å². The zero-order valence-corrected chi connectivity index (χ0v) is 21.8. The summed E-state index contributed by atoms with van der Waals surface area (Å²) in [6.45, 7) is 15.4. The van der Waals surface area contributed by atoms with Gasteiger partial charge in [0.05, 0.1) is 12.5 Å². The van der Waals surface area contributed by atoms with Gasteiger partial charge in [-0.15, -0.1) is 18.7 Å². The number of rotatable bonds is 13. The highest BCUT2D eigenvalue weighted by Crippen LogP contribution is 2.21. The molecule has 1 aliphatic carbocycles. The summed E-state index contributed by atoms with van der Waals surface area (Å²) in [6, 6.07) is 0.0720. The molecule has 186 valence electrons. The largest absolute Gasteiger partial charge is 0.366 e. The third-order valence-corrected chi connectivity index (χ3v) is 6.64. The summed E-state index contributed by atoms with van der Waals surface area (Å²) in [5.74, 6) is 2.77. The fourth-order valence-electron chi connectivity index (χ4n) is 4.35. The van der Waals surface area contributed by atoms with E-state index in [1.807, 2.05) is 11.0 Å². The van der Waals surface area contributed by atoms with Gasteiger partial charge in [0.15, 0.2) is 0 Å². The van der Waals surface area contributed by atoms with Crippen molar-refractivity contribution < 1.29 is 9.53 Å². The number of hydrogen-bond donors (Lipinski definition) is 0. The number of unbranched alkanes of at least 4 members (excludes halogenated alkanes) is 4. The first-order chi connectivity index (χ1) is 16.4. The van der Waals surface area contributed by atoms with Crippen molar-refractivity contribution in [3.8, 4) is 12.3 Å². The number of hydrogen-bond acceptors (Lipinski definition) is 3. The highest BCUT2D eigenvalue weighted by Gasteiger charge is 2.32. The lowest BCUT2D eigenvalue weighted by Gasteiger charge is -2.37. The average Bonchev–Trinajstić information content (AvgIpc) is 3.01. The van der Waals surface area contributed by atoms with E-state index in [2.05, 4.69) is 63.0 Å². The smallest absolute Gasteiger partial charge is 0.253 e. The fraction of sp³-hybridized carbons (Fsp3) is 0.600. The molecule has 4 nitrogen and oxygen atoms in total. The molecule has 0 aromatic rings. The highest BCUT2D eigenvalue weighted by atomic mass is 16.5. The molecule has 0 spiro atoms. The SMILES string of the molecule is C#CC(C=C)CN1CCOC(C(=O)N(CC2=CC=C(CCCCCCC)C(C)=C=C2)C(C)C)C1. The van der Waals surface area contributed by atoms with Gasteiger partial charge in [-0.2, -0.15) is 0 Å². The van der Waals surface area contributed by atoms with Crippen molar-refractivity contribution in [1.29, 1.82) is 0 Å². The number of morpholine rings is 1. The summed E-state index contributed by atoms with van der Waals surface area (Å²) < 4.78 is 5.90. The van der Waals surface area contributed by atoms with Gasteiger partial charge in [0.1, 0.15) is 6.10 Å². The Hall–Kier alpha value is -2.31. The zero-order chi connectivity index (χ0) is 24.9. The van der Waals surface area contributed by atoms with E-state index in [4.69, 9.17) is 11.2 Å². The molecule has 0 bridgehead atoms. The van der Waals surface area contributed by atoms with Crippen LogP contribution in [0.4, 0.5) is 0 Å². The minimum absolute atomic E-state index is 0.0148. The van der Waals surface area contributed by atoms with E-state index in [1.54, 1.807) is 6.08 Å². The fourth-order valence-corrected chi connectivity index (χ4v) is 4.35. The standard InChI is InChI=1S/C30H44N2O2/c1-7-10-11-12-13-14-28-18-17-27(16-15-25(28)6)22-32(24(4)5)30(33)29-23-31(19-20-34-29)21-26(8-2)9-3/h2,9,16-18,24,26,29H,3,7,10-14,19-23H2,1,4-6H3. The molecular weight excluding hydrogens is 420 g/mol. The second kappa shape index (κ2) is 14.8. The quantitative estimate of drug-likeness (QED) is 0.152. The van der Waals surface area contributed by atoms with Crippen LogP contribution in [0.15, 0.2) is 53.3 Å². The van der Waals surface area contributed by atoms with Crippen molar-refractivity contribution in [3.63, 3.8) is 0 Å². The molecule has 2 atom stereocenters. The summed E-state index contributed by atoms with van der Waals surface area (Å²) in [7, 11) is 0. The average molecular weight is 465 g/mol. The highest BCUT2D eigenvalue weighted by molar-refractivity contribution is 5.82. The molecule has 1 amide bonds. The third-order valence-electron chi connectivity index (χ3n) is 6.64. The van der Waals surface area contributed by atoms with Crippen molar-refractivity contribution in [3.05, 3.63) is 53.3 Å².